The Morgan fingerprint density at radius 1 is 1.33 bits per heavy atom. The molecule has 1 aliphatic heterocycles. The lowest BCUT2D eigenvalue weighted by atomic mass is 9.78. The molecule has 1 amide bonds. The Balaban J connectivity index is 0.00000208. The Labute approximate surface area is 151 Å². The fourth-order valence-corrected chi connectivity index (χ4v) is 4.21. The van der Waals surface area contributed by atoms with Crippen molar-refractivity contribution in [1.29, 1.82) is 0 Å². The molecule has 1 aliphatic carbocycles. The second-order valence-electron chi connectivity index (χ2n) is 7.57. The summed E-state index contributed by atoms with van der Waals surface area (Å²) in [5, 5.41) is 11.1. The van der Waals surface area contributed by atoms with E-state index in [9.17, 15) is 4.79 Å². The molecule has 2 heterocycles. The van der Waals surface area contributed by atoms with E-state index >= 15 is 0 Å². The van der Waals surface area contributed by atoms with Crippen LogP contribution in [0.1, 0.15) is 52.4 Å². The summed E-state index contributed by atoms with van der Waals surface area (Å²) >= 11 is 0. The van der Waals surface area contributed by atoms with E-state index in [1.165, 1.54) is 12.8 Å². The van der Waals surface area contributed by atoms with Gasteiger partial charge in [0.05, 0.1) is 0 Å². The maximum absolute atomic E-state index is 13.2. The summed E-state index contributed by atoms with van der Waals surface area (Å²) < 4.78 is 1.88. The van der Waals surface area contributed by atoms with Crippen LogP contribution >= 0.6 is 12.4 Å². The van der Waals surface area contributed by atoms with E-state index in [0.29, 0.717) is 12.0 Å². The predicted octanol–water partition coefficient (Wildman–Crippen LogP) is 2.71. The second-order valence-corrected chi connectivity index (χ2v) is 7.57. The van der Waals surface area contributed by atoms with Gasteiger partial charge in [0.25, 0.3) is 0 Å². The Hall–Kier alpha value is -1.07. The number of aromatic nitrogens is 2. The molecular weight excluding hydrogens is 324 g/mol. The first kappa shape index (κ1) is 19.3. The third kappa shape index (κ3) is 3.94. The molecule has 6 heteroatoms. The lowest BCUT2D eigenvalue weighted by Gasteiger charge is -2.39. The Morgan fingerprint density at radius 2 is 2.08 bits per heavy atom. The SMILES string of the molecule is CC(C)C1CCCC(NC(=O)C2(n3cccn3)CCNCC2)C1.Cl. The van der Waals surface area contributed by atoms with Crippen molar-refractivity contribution < 1.29 is 4.79 Å². The van der Waals surface area contributed by atoms with Gasteiger partial charge in [0.15, 0.2) is 0 Å². The quantitative estimate of drug-likeness (QED) is 0.874. The van der Waals surface area contributed by atoms with Crippen molar-refractivity contribution in [3.8, 4) is 0 Å². The molecule has 2 atom stereocenters. The lowest BCUT2D eigenvalue weighted by molar-refractivity contribution is -0.133. The van der Waals surface area contributed by atoms with Crippen LogP contribution in [0.4, 0.5) is 0 Å². The van der Waals surface area contributed by atoms with Gasteiger partial charge in [-0.1, -0.05) is 26.7 Å². The molecule has 2 N–H and O–H groups in total. The van der Waals surface area contributed by atoms with Gasteiger partial charge in [-0.3, -0.25) is 9.48 Å². The monoisotopic (exact) mass is 354 g/mol. The van der Waals surface area contributed by atoms with Gasteiger partial charge in [0, 0.05) is 18.4 Å². The maximum atomic E-state index is 13.2. The molecule has 1 aromatic heterocycles. The molecule has 136 valence electrons. The van der Waals surface area contributed by atoms with Crippen molar-refractivity contribution in [2.75, 3.05) is 13.1 Å². The first-order chi connectivity index (χ1) is 11.1. The first-order valence-corrected chi connectivity index (χ1v) is 9.13. The number of hydrogen-bond donors (Lipinski definition) is 2. The number of piperidine rings is 1. The molecule has 1 aromatic rings. The number of amides is 1. The van der Waals surface area contributed by atoms with Crippen LogP contribution in [0.15, 0.2) is 18.5 Å². The van der Waals surface area contributed by atoms with Crippen molar-refractivity contribution >= 4 is 18.3 Å². The van der Waals surface area contributed by atoms with Crippen molar-refractivity contribution in [2.24, 2.45) is 11.8 Å². The van der Waals surface area contributed by atoms with E-state index in [0.717, 1.165) is 44.7 Å². The maximum Gasteiger partial charge on any atom is 0.248 e. The van der Waals surface area contributed by atoms with Crippen LogP contribution in [0.25, 0.3) is 0 Å². The molecule has 0 spiro atoms. The van der Waals surface area contributed by atoms with E-state index in [-0.39, 0.29) is 18.3 Å². The highest BCUT2D eigenvalue weighted by molar-refractivity contribution is 5.85. The molecule has 0 aromatic carbocycles. The lowest BCUT2D eigenvalue weighted by Crippen LogP contribution is -2.56. The van der Waals surface area contributed by atoms with Gasteiger partial charge in [-0.2, -0.15) is 5.10 Å². The summed E-state index contributed by atoms with van der Waals surface area (Å²) in [5.74, 6) is 1.61. The number of carbonyl (C=O) groups is 1. The van der Waals surface area contributed by atoms with E-state index in [2.05, 4.69) is 29.6 Å². The Morgan fingerprint density at radius 3 is 2.71 bits per heavy atom. The number of nitrogens with one attached hydrogen (secondary N) is 2. The van der Waals surface area contributed by atoms with Crippen LogP contribution in [0.5, 0.6) is 0 Å². The van der Waals surface area contributed by atoms with Gasteiger partial charge in [0.2, 0.25) is 5.91 Å². The Kier molecular flexibility index (Phi) is 6.70. The molecule has 2 aliphatic rings. The van der Waals surface area contributed by atoms with Crippen molar-refractivity contribution in [2.45, 2.75) is 64.0 Å². The molecule has 24 heavy (non-hydrogen) atoms. The summed E-state index contributed by atoms with van der Waals surface area (Å²) in [7, 11) is 0. The molecule has 3 rings (SSSR count). The zero-order valence-corrected chi connectivity index (χ0v) is 15.6. The fraction of sp³-hybridized carbons (Fsp3) is 0.778. The third-order valence-electron chi connectivity index (χ3n) is 5.79. The van der Waals surface area contributed by atoms with Gasteiger partial charge >= 0.3 is 0 Å². The van der Waals surface area contributed by atoms with Gasteiger partial charge in [0.1, 0.15) is 5.54 Å². The molecule has 2 fully saturated rings. The van der Waals surface area contributed by atoms with Crippen LogP contribution in [-0.2, 0) is 10.3 Å². The van der Waals surface area contributed by atoms with Crippen LogP contribution < -0.4 is 10.6 Å². The zero-order valence-electron chi connectivity index (χ0n) is 14.8. The van der Waals surface area contributed by atoms with Gasteiger partial charge in [-0.05, 0) is 56.7 Å². The van der Waals surface area contributed by atoms with Gasteiger partial charge < -0.3 is 10.6 Å². The van der Waals surface area contributed by atoms with E-state index in [1.54, 1.807) is 6.20 Å². The number of nitrogens with zero attached hydrogens (tertiary/aromatic N) is 2. The number of carbonyl (C=O) groups excluding carboxylic acids is 1. The average molecular weight is 355 g/mol. The topological polar surface area (TPSA) is 59.0 Å². The normalized spacial score (nSPS) is 26.6. The molecule has 1 saturated carbocycles. The minimum absolute atomic E-state index is 0. The summed E-state index contributed by atoms with van der Waals surface area (Å²) in [6.07, 6.45) is 10.1. The second kappa shape index (κ2) is 8.34. The average Bonchev–Trinajstić information content (AvgIpc) is 3.10. The molecule has 0 bridgehead atoms. The standard InChI is InChI=1S/C18H30N4O.ClH/c1-14(2)15-5-3-6-16(13-15)21-17(23)18(7-10-19-11-8-18)22-12-4-9-20-22;/h4,9,12,14-16,19H,3,5-8,10-11,13H2,1-2H3,(H,21,23);1H. The summed E-state index contributed by atoms with van der Waals surface area (Å²) in [6, 6.07) is 2.23. The zero-order chi connectivity index (χ0) is 16.3. The first-order valence-electron chi connectivity index (χ1n) is 9.13. The number of hydrogen-bond acceptors (Lipinski definition) is 3. The van der Waals surface area contributed by atoms with Gasteiger partial charge in [-0.15, -0.1) is 12.4 Å². The highest BCUT2D eigenvalue weighted by Crippen LogP contribution is 2.32. The molecule has 5 nitrogen and oxygen atoms in total. The van der Waals surface area contributed by atoms with Crippen LogP contribution in [0.3, 0.4) is 0 Å². The largest absolute Gasteiger partial charge is 0.351 e. The fourth-order valence-electron chi connectivity index (χ4n) is 4.21. The smallest absolute Gasteiger partial charge is 0.248 e. The van der Waals surface area contributed by atoms with E-state index < -0.39 is 5.54 Å². The third-order valence-corrected chi connectivity index (χ3v) is 5.79. The molecule has 0 radical (unpaired) electrons. The van der Waals surface area contributed by atoms with Crippen molar-refractivity contribution in [3.63, 3.8) is 0 Å². The summed E-state index contributed by atoms with van der Waals surface area (Å²) in [6.45, 7) is 6.33. The van der Waals surface area contributed by atoms with Crippen LogP contribution in [0, 0.1) is 11.8 Å². The minimum Gasteiger partial charge on any atom is -0.351 e. The van der Waals surface area contributed by atoms with Crippen LogP contribution in [-0.4, -0.2) is 34.8 Å². The van der Waals surface area contributed by atoms with Crippen LogP contribution in [0.2, 0.25) is 0 Å². The molecule has 2 unspecified atom stereocenters. The molecule has 1 saturated heterocycles. The highest BCUT2D eigenvalue weighted by Gasteiger charge is 2.43. The van der Waals surface area contributed by atoms with E-state index in [1.807, 2.05) is 16.9 Å². The van der Waals surface area contributed by atoms with Gasteiger partial charge in [-0.25, -0.2) is 0 Å². The summed E-state index contributed by atoms with van der Waals surface area (Å²) in [4.78, 5) is 13.2. The number of rotatable bonds is 4. The number of halogens is 1. The minimum atomic E-state index is -0.514. The predicted molar refractivity (Wildman–Crippen MR) is 98.3 cm³/mol. The van der Waals surface area contributed by atoms with Crippen molar-refractivity contribution in [1.82, 2.24) is 20.4 Å². The van der Waals surface area contributed by atoms with E-state index in [4.69, 9.17) is 0 Å². The summed E-state index contributed by atoms with van der Waals surface area (Å²) in [5.41, 5.74) is -0.514. The van der Waals surface area contributed by atoms with Crippen molar-refractivity contribution in [3.05, 3.63) is 18.5 Å². The molecular formula is C18H31ClN4O. The Bertz CT molecular complexity index is 511. The highest BCUT2D eigenvalue weighted by atomic mass is 35.5.